The molecule has 4 rings (SSSR count). The molecule has 1 saturated heterocycles. The van der Waals surface area contributed by atoms with Gasteiger partial charge in [0.1, 0.15) is 5.75 Å². The molecule has 2 fully saturated rings. The Bertz CT molecular complexity index is 870. The number of carboxylic acids is 1. The van der Waals surface area contributed by atoms with Gasteiger partial charge in [0, 0.05) is 31.0 Å². The van der Waals surface area contributed by atoms with Gasteiger partial charge in [-0.3, -0.25) is 14.6 Å². The standard InChI is InChI=1S/C21H22N2O4/c1-27-17-4-2-14(3-5-17)15-10-16(13-22-12-15)19(24)23-8-6-21(7-9-23)11-18(21)20(25)26/h2-5,10,12-13,18H,6-9,11H2,1H3,(H,25,26). The maximum absolute atomic E-state index is 12.9. The molecule has 6 heteroatoms. The maximum atomic E-state index is 12.9. The van der Waals surface area contributed by atoms with Crippen molar-refractivity contribution < 1.29 is 19.4 Å². The third-order valence-electron chi connectivity index (χ3n) is 5.94. The van der Waals surface area contributed by atoms with Gasteiger partial charge in [0.2, 0.25) is 0 Å². The van der Waals surface area contributed by atoms with Crippen molar-refractivity contribution in [2.75, 3.05) is 20.2 Å². The van der Waals surface area contributed by atoms with Gasteiger partial charge in [0.25, 0.3) is 5.91 Å². The van der Waals surface area contributed by atoms with Gasteiger partial charge in [-0.2, -0.15) is 0 Å². The van der Waals surface area contributed by atoms with E-state index >= 15 is 0 Å². The van der Waals surface area contributed by atoms with E-state index < -0.39 is 5.97 Å². The van der Waals surface area contributed by atoms with Crippen molar-refractivity contribution in [2.45, 2.75) is 19.3 Å². The highest BCUT2D eigenvalue weighted by molar-refractivity contribution is 5.95. The molecule has 1 N–H and O–H groups in total. The molecule has 6 nitrogen and oxygen atoms in total. The van der Waals surface area contributed by atoms with Gasteiger partial charge in [-0.05, 0) is 48.4 Å². The number of nitrogens with zero attached hydrogens (tertiary/aromatic N) is 2. The van der Waals surface area contributed by atoms with Crippen molar-refractivity contribution in [3.8, 4) is 16.9 Å². The van der Waals surface area contributed by atoms with Gasteiger partial charge in [-0.15, -0.1) is 0 Å². The van der Waals surface area contributed by atoms with Crippen molar-refractivity contribution in [1.29, 1.82) is 0 Å². The number of amides is 1. The molecular formula is C21H22N2O4. The molecule has 1 aliphatic carbocycles. The van der Waals surface area contributed by atoms with E-state index in [0.717, 1.165) is 36.1 Å². The molecule has 1 atom stereocenters. The maximum Gasteiger partial charge on any atom is 0.307 e. The predicted molar refractivity (Wildman–Crippen MR) is 99.5 cm³/mol. The fraction of sp³-hybridized carbons (Fsp3) is 0.381. The second kappa shape index (κ2) is 6.68. The summed E-state index contributed by atoms with van der Waals surface area (Å²) >= 11 is 0. The van der Waals surface area contributed by atoms with Crippen LogP contribution in [0.4, 0.5) is 0 Å². The van der Waals surface area contributed by atoms with Crippen LogP contribution in [0.25, 0.3) is 11.1 Å². The highest BCUT2D eigenvalue weighted by Crippen LogP contribution is 2.59. The Balaban J connectivity index is 1.46. The Kier molecular flexibility index (Phi) is 4.34. The number of rotatable bonds is 4. The second-order valence-corrected chi connectivity index (χ2v) is 7.44. The molecule has 1 aromatic carbocycles. The number of ether oxygens (including phenoxy) is 1. The molecule has 2 aromatic rings. The molecule has 27 heavy (non-hydrogen) atoms. The van der Waals surface area contributed by atoms with Gasteiger partial charge in [-0.1, -0.05) is 12.1 Å². The van der Waals surface area contributed by atoms with Gasteiger partial charge < -0.3 is 14.7 Å². The lowest BCUT2D eigenvalue weighted by molar-refractivity contribution is -0.139. The van der Waals surface area contributed by atoms with Gasteiger partial charge >= 0.3 is 5.97 Å². The van der Waals surface area contributed by atoms with Crippen molar-refractivity contribution in [3.63, 3.8) is 0 Å². The fourth-order valence-electron chi connectivity index (χ4n) is 4.09. The largest absolute Gasteiger partial charge is 0.497 e. The number of carbonyl (C=O) groups is 2. The molecule has 0 bridgehead atoms. The van der Waals surface area contributed by atoms with E-state index in [1.807, 2.05) is 35.2 Å². The number of hydrogen-bond acceptors (Lipinski definition) is 4. The summed E-state index contributed by atoms with van der Waals surface area (Å²) in [7, 11) is 1.62. The number of hydrogen-bond donors (Lipinski definition) is 1. The van der Waals surface area contributed by atoms with Crippen LogP contribution in [-0.4, -0.2) is 47.1 Å². The van der Waals surface area contributed by atoms with Crippen LogP contribution in [0.5, 0.6) is 5.75 Å². The number of piperidine rings is 1. The number of pyridine rings is 1. The summed E-state index contributed by atoms with van der Waals surface area (Å²) in [5.74, 6) is -0.192. The lowest BCUT2D eigenvalue weighted by Gasteiger charge is -2.32. The van der Waals surface area contributed by atoms with E-state index in [1.165, 1.54) is 0 Å². The molecule has 2 aliphatic rings. The van der Waals surface area contributed by atoms with E-state index in [9.17, 15) is 14.7 Å². The van der Waals surface area contributed by atoms with Crippen molar-refractivity contribution in [1.82, 2.24) is 9.88 Å². The average Bonchev–Trinajstić information content (AvgIpc) is 3.42. The first-order valence-electron chi connectivity index (χ1n) is 9.14. The Morgan fingerprint density at radius 2 is 1.85 bits per heavy atom. The van der Waals surface area contributed by atoms with Crippen LogP contribution in [-0.2, 0) is 4.79 Å². The first kappa shape index (κ1) is 17.5. The average molecular weight is 366 g/mol. The van der Waals surface area contributed by atoms with Crippen LogP contribution >= 0.6 is 0 Å². The van der Waals surface area contributed by atoms with E-state index in [2.05, 4.69) is 4.98 Å². The molecule has 1 spiro atoms. The summed E-state index contributed by atoms with van der Waals surface area (Å²) in [5.41, 5.74) is 2.33. The highest BCUT2D eigenvalue weighted by Gasteiger charge is 2.59. The Labute approximate surface area is 157 Å². The molecule has 1 aromatic heterocycles. The summed E-state index contributed by atoms with van der Waals surface area (Å²) in [6.07, 6.45) is 5.61. The summed E-state index contributed by atoms with van der Waals surface area (Å²) in [6.45, 7) is 1.21. The summed E-state index contributed by atoms with van der Waals surface area (Å²) in [5, 5.41) is 9.20. The molecule has 1 unspecified atom stereocenters. The normalized spacial score (nSPS) is 20.3. The zero-order valence-electron chi connectivity index (χ0n) is 15.2. The number of carboxylic acid groups (broad SMARTS) is 1. The lowest BCUT2D eigenvalue weighted by atomic mass is 9.90. The molecule has 1 saturated carbocycles. The number of methoxy groups -OCH3 is 1. The zero-order valence-corrected chi connectivity index (χ0v) is 15.2. The van der Waals surface area contributed by atoms with E-state index in [-0.39, 0.29) is 17.2 Å². The Morgan fingerprint density at radius 3 is 2.44 bits per heavy atom. The third-order valence-corrected chi connectivity index (χ3v) is 5.94. The minimum absolute atomic E-state index is 0.0414. The summed E-state index contributed by atoms with van der Waals surface area (Å²) in [6, 6.07) is 9.49. The molecule has 140 valence electrons. The first-order valence-corrected chi connectivity index (χ1v) is 9.14. The highest BCUT2D eigenvalue weighted by atomic mass is 16.5. The number of aromatic nitrogens is 1. The van der Waals surface area contributed by atoms with Gasteiger partial charge in [-0.25, -0.2) is 0 Å². The van der Waals surface area contributed by atoms with Crippen molar-refractivity contribution >= 4 is 11.9 Å². The number of carbonyl (C=O) groups excluding carboxylic acids is 1. The number of benzene rings is 1. The SMILES string of the molecule is COc1ccc(-c2cncc(C(=O)N3CCC4(CC3)CC4C(=O)O)c2)cc1. The van der Waals surface area contributed by atoms with E-state index in [4.69, 9.17) is 4.74 Å². The monoisotopic (exact) mass is 366 g/mol. The third kappa shape index (κ3) is 3.27. The van der Waals surface area contributed by atoms with Crippen LogP contribution in [0.15, 0.2) is 42.7 Å². The Morgan fingerprint density at radius 1 is 1.15 bits per heavy atom. The molecule has 1 amide bonds. The molecule has 1 aliphatic heterocycles. The second-order valence-electron chi connectivity index (χ2n) is 7.44. The van der Waals surface area contributed by atoms with Crippen LogP contribution in [0.3, 0.4) is 0 Å². The van der Waals surface area contributed by atoms with Crippen LogP contribution in [0, 0.1) is 11.3 Å². The van der Waals surface area contributed by atoms with Gasteiger partial charge in [0.05, 0.1) is 18.6 Å². The van der Waals surface area contributed by atoms with Crippen LogP contribution < -0.4 is 4.74 Å². The summed E-state index contributed by atoms with van der Waals surface area (Å²) in [4.78, 5) is 30.1. The minimum Gasteiger partial charge on any atom is -0.497 e. The molecule has 2 heterocycles. The topological polar surface area (TPSA) is 79.7 Å². The van der Waals surface area contributed by atoms with Crippen LogP contribution in [0.1, 0.15) is 29.6 Å². The zero-order chi connectivity index (χ0) is 19.0. The van der Waals surface area contributed by atoms with E-state index in [0.29, 0.717) is 18.7 Å². The quantitative estimate of drug-likeness (QED) is 0.899. The minimum atomic E-state index is -0.703. The van der Waals surface area contributed by atoms with Crippen molar-refractivity contribution in [3.05, 3.63) is 48.3 Å². The van der Waals surface area contributed by atoms with Gasteiger partial charge in [0.15, 0.2) is 0 Å². The predicted octanol–water partition coefficient (Wildman–Crippen LogP) is 3.08. The first-order chi connectivity index (χ1) is 13.0. The Hall–Kier alpha value is -2.89. The van der Waals surface area contributed by atoms with E-state index in [1.54, 1.807) is 19.5 Å². The number of aliphatic carboxylic acids is 1. The summed E-state index contributed by atoms with van der Waals surface area (Å²) < 4.78 is 5.18. The van der Waals surface area contributed by atoms with Crippen LogP contribution in [0.2, 0.25) is 0 Å². The van der Waals surface area contributed by atoms with Crippen molar-refractivity contribution in [2.24, 2.45) is 11.3 Å². The fourth-order valence-corrected chi connectivity index (χ4v) is 4.09. The molecule has 0 radical (unpaired) electrons. The lowest BCUT2D eigenvalue weighted by Crippen LogP contribution is -2.40. The number of likely N-dealkylation sites (tertiary alicyclic amines) is 1. The smallest absolute Gasteiger partial charge is 0.307 e. The molecular weight excluding hydrogens is 344 g/mol.